The number of benzene rings is 2. The molecule has 1 heterocycles. The van der Waals surface area contributed by atoms with E-state index in [1.807, 2.05) is 6.07 Å². The van der Waals surface area contributed by atoms with E-state index < -0.39 is 5.60 Å². The molecular formula is C30H38N2O3. The summed E-state index contributed by atoms with van der Waals surface area (Å²) in [6.45, 7) is 2.15. The molecule has 1 saturated heterocycles. The zero-order chi connectivity index (χ0) is 24.3. The van der Waals surface area contributed by atoms with Gasteiger partial charge in [-0.25, -0.2) is 0 Å². The van der Waals surface area contributed by atoms with Crippen molar-refractivity contribution in [2.24, 2.45) is 17.3 Å². The average Bonchev–Trinajstić information content (AvgIpc) is 3.17. The Morgan fingerprint density at radius 2 is 1.86 bits per heavy atom. The van der Waals surface area contributed by atoms with Gasteiger partial charge in [-0.1, -0.05) is 42.5 Å². The molecule has 5 nitrogen and oxygen atoms in total. The third kappa shape index (κ3) is 4.26. The molecule has 2 aromatic carbocycles. The Morgan fingerprint density at radius 3 is 2.57 bits per heavy atom. The maximum atomic E-state index is 13.2. The molecule has 5 fully saturated rings. The summed E-state index contributed by atoms with van der Waals surface area (Å²) in [4.78, 5) is 25.5. The zero-order valence-electron chi connectivity index (χ0n) is 20.8. The van der Waals surface area contributed by atoms with Crippen LogP contribution < -0.4 is 10.6 Å². The van der Waals surface area contributed by atoms with E-state index in [1.165, 1.54) is 22.8 Å². The van der Waals surface area contributed by atoms with Crippen molar-refractivity contribution < 1.29 is 14.7 Å². The van der Waals surface area contributed by atoms with E-state index in [-0.39, 0.29) is 28.8 Å². The number of rotatable bonds is 7. The van der Waals surface area contributed by atoms with Crippen molar-refractivity contribution in [3.05, 3.63) is 48.0 Å². The lowest BCUT2D eigenvalue weighted by Gasteiger charge is -2.62. The van der Waals surface area contributed by atoms with Crippen LogP contribution in [0.3, 0.4) is 0 Å². The normalized spacial score (nSPS) is 36.3. The van der Waals surface area contributed by atoms with Crippen LogP contribution in [-0.4, -0.2) is 34.1 Å². The first-order valence-corrected chi connectivity index (χ1v) is 13.6. The van der Waals surface area contributed by atoms with Crippen LogP contribution in [0.5, 0.6) is 0 Å². The van der Waals surface area contributed by atoms with Crippen LogP contribution in [0.15, 0.2) is 42.5 Å². The zero-order valence-corrected chi connectivity index (χ0v) is 20.8. The van der Waals surface area contributed by atoms with Gasteiger partial charge in [0, 0.05) is 24.4 Å². The first-order chi connectivity index (χ1) is 16.8. The summed E-state index contributed by atoms with van der Waals surface area (Å²) >= 11 is 0. The van der Waals surface area contributed by atoms with Crippen molar-refractivity contribution in [3.8, 4) is 0 Å². The molecule has 0 radical (unpaired) electrons. The molecule has 35 heavy (non-hydrogen) atoms. The van der Waals surface area contributed by atoms with Gasteiger partial charge in [-0.15, -0.1) is 0 Å². The predicted octanol–water partition coefficient (Wildman–Crippen LogP) is 4.65. The molecule has 2 aromatic rings. The van der Waals surface area contributed by atoms with E-state index in [0.717, 1.165) is 44.9 Å². The van der Waals surface area contributed by atoms with Gasteiger partial charge < -0.3 is 15.7 Å². The maximum Gasteiger partial charge on any atom is 0.220 e. The van der Waals surface area contributed by atoms with Crippen LogP contribution in [0.4, 0.5) is 0 Å². The number of hydrogen-bond acceptors (Lipinski definition) is 3. The van der Waals surface area contributed by atoms with Gasteiger partial charge in [0.2, 0.25) is 11.8 Å². The standard InChI is InChI=1S/C30H38N2O3/c1-20(28-14-21-13-22(15-28)17-30(35,16-21)19-28)31-26(33)9-11-29(12-10-27(34)32-29)18-24-7-4-6-23-5-2-3-8-25(23)24/h2-8,20-22,35H,9-19H2,1H3,(H,31,33)(H,32,34). The fourth-order valence-corrected chi connectivity index (χ4v) is 8.60. The molecule has 4 unspecified atom stereocenters. The first-order valence-electron chi connectivity index (χ1n) is 13.6. The maximum absolute atomic E-state index is 13.2. The summed E-state index contributed by atoms with van der Waals surface area (Å²) in [6.07, 6.45) is 9.31. The molecule has 3 N–H and O–H groups in total. The van der Waals surface area contributed by atoms with Crippen LogP contribution in [0, 0.1) is 17.3 Å². The van der Waals surface area contributed by atoms with Gasteiger partial charge in [-0.05, 0) is 98.3 Å². The molecule has 1 aliphatic heterocycles. The Labute approximate surface area is 208 Å². The van der Waals surface area contributed by atoms with Gasteiger partial charge >= 0.3 is 0 Å². The van der Waals surface area contributed by atoms with Gasteiger partial charge in [0.15, 0.2) is 0 Å². The van der Waals surface area contributed by atoms with Gasteiger partial charge in [-0.3, -0.25) is 9.59 Å². The molecule has 5 heteroatoms. The topological polar surface area (TPSA) is 78.4 Å². The Bertz CT molecular complexity index is 1140. The van der Waals surface area contributed by atoms with Crippen molar-refractivity contribution in [2.75, 3.05) is 0 Å². The number of carbonyl (C=O) groups excluding carboxylic acids is 2. The number of carbonyl (C=O) groups is 2. The largest absolute Gasteiger partial charge is 0.390 e. The SMILES string of the molecule is CC(NC(=O)CCC1(Cc2cccc3ccccc23)CCC(=O)N1)C12CC3CC(CC(O)(C3)C1)C2. The predicted molar refractivity (Wildman–Crippen MR) is 137 cm³/mol. The third-order valence-corrected chi connectivity index (χ3v) is 9.85. The number of amides is 2. The molecule has 5 aliphatic rings. The van der Waals surface area contributed by atoms with Crippen LogP contribution in [0.25, 0.3) is 10.8 Å². The van der Waals surface area contributed by atoms with E-state index in [0.29, 0.717) is 31.1 Å². The van der Waals surface area contributed by atoms with Crippen LogP contribution in [0.1, 0.15) is 76.7 Å². The number of hydrogen-bond donors (Lipinski definition) is 3. The number of fused-ring (bicyclic) bond motifs is 1. The quantitative estimate of drug-likeness (QED) is 0.547. The van der Waals surface area contributed by atoms with Crippen molar-refractivity contribution in [1.29, 1.82) is 0 Å². The Hall–Kier alpha value is -2.40. The lowest BCUT2D eigenvalue weighted by molar-refractivity contribution is -0.173. The fraction of sp³-hybridized carbons (Fsp3) is 0.600. The Morgan fingerprint density at radius 1 is 1.11 bits per heavy atom. The second-order valence-corrected chi connectivity index (χ2v) is 12.5. The summed E-state index contributed by atoms with van der Waals surface area (Å²) in [6, 6.07) is 14.8. The first kappa shape index (κ1) is 23.0. The molecule has 4 aliphatic carbocycles. The lowest BCUT2D eigenvalue weighted by Crippen LogP contribution is -2.61. The minimum Gasteiger partial charge on any atom is -0.390 e. The van der Waals surface area contributed by atoms with Crippen LogP contribution in [0.2, 0.25) is 0 Å². The molecular weight excluding hydrogens is 436 g/mol. The minimum absolute atomic E-state index is 0.0384. The highest BCUT2D eigenvalue weighted by molar-refractivity contribution is 5.86. The Kier molecular flexibility index (Phi) is 5.48. The highest BCUT2D eigenvalue weighted by atomic mass is 16.3. The molecule has 4 atom stereocenters. The summed E-state index contributed by atoms with van der Waals surface area (Å²) < 4.78 is 0. The van der Waals surface area contributed by atoms with Crippen molar-refractivity contribution in [3.63, 3.8) is 0 Å². The van der Waals surface area contributed by atoms with Crippen molar-refractivity contribution in [1.82, 2.24) is 10.6 Å². The van der Waals surface area contributed by atoms with Gasteiger partial charge in [0.05, 0.1) is 5.60 Å². The van der Waals surface area contributed by atoms with E-state index >= 15 is 0 Å². The van der Waals surface area contributed by atoms with Gasteiger partial charge in [0.25, 0.3) is 0 Å². The van der Waals surface area contributed by atoms with E-state index in [9.17, 15) is 14.7 Å². The summed E-state index contributed by atoms with van der Waals surface area (Å²) in [5.74, 6) is 1.37. The van der Waals surface area contributed by atoms with E-state index in [1.54, 1.807) is 0 Å². The minimum atomic E-state index is -0.514. The summed E-state index contributed by atoms with van der Waals surface area (Å²) in [5.41, 5.74) is 0.370. The smallest absolute Gasteiger partial charge is 0.220 e. The van der Waals surface area contributed by atoms with Crippen molar-refractivity contribution in [2.45, 2.75) is 94.7 Å². The third-order valence-electron chi connectivity index (χ3n) is 9.85. The highest BCUT2D eigenvalue weighted by Gasteiger charge is 2.59. The summed E-state index contributed by atoms with van der Waals surface area (Å²) in [5, 5.41) is 20.1. The van der Waals surface area contributed by atoms with Crippen LogP contribution >= 0.6 is 0 Å². The second-order valence-electron chi connectivity index (χ2n) is 12.5. The van der Waals surface area contributed by atoms with Crippen molar-refractivity contribution >= 4 is 22.6 Å². The highest BCUT2D eigenvalue weighted by Crippen LogP contribution is 2.62. The second kappa shape index (κ2) is 8.33. The molecule has 2 amide bonds. The molecule has 7 rings (SSSR count). The lowest BCUT2D eigenvalue weighted by atomic mass is 9.46. The average molecular weight is 475 g/mol. The number of nitrogens with one attached hydrogen (secondary N) is 2. The summed E-state index contributed by atoms with van der Waals surface area (Å²) in [7, 11) is 0. The monoisotopic (exact) mass is 474 g/mol. The molecule has 0 spiro atoms. The van der Waals surface area contributed by atoms with Gasteiger partial charge in [0.1, 0.15) is 0 Å². The van der Waals surface area contributed by atoms with E-state index in [2.05, 4.69) is 54.0 Å². The molecule has 4 bridgehead atoms. The Balaban J connectivity index is 1.14. The van der Waals surface area contributed by atoms with E-state index in [4.69, 9.17) is 0 Å². The molecule has 4 saturated carbocycles. The van der Waals surface area contributed by atoms with Gasteiger partial charge in [-0.2, -0.15) is 0 Å². The number of aliphatic hydroxyl groups is 1. The molecule has 186 valence electrons. The fourth-order valence-electron chi connectivity index (χ4n) is 8.60. The molecule has 0 aromatic heterocycles. The van der Waals surface area contributed by atoms with Crippen LogP contribution in [-0.2, 0) is 16.0 Å².